The second-order valence-electron chi connectivity index (χ2n) is 5.51. The Morgan fingerprint density at radius 2 is 2.28 bits per heavy atom. The van der Waals surface area contributed by atoms with Gasteiger partial charge in [0.2, 0.25) is 0 Å². The molecule has 0 saturated carbocycles. The number of ether oxygens (including phenoxy) is 1. The Kier molecular flexibility index (Phi) is 4.23. The Labute approximate surface area is 117 Å². The smallest absolute Gasteiger partial charge is 0.153 e. The number of rotatable bonds is 2. The highest BCUT2D eigenvalue weighted by atomic mass is 32.2. The van der Waals surface area contributed by atoms with Crippen LogP contribution in [0.3, 0.4) is 0 Å². The molecule has 0 amide bonds. The second-order valence-corrected chi connectivity index (χ2v) is 7.76. The molecule has 3 unspecified atom stereocenters. The zero-order chi connectivity index (χ0) is 12.4. The largest absolute Gasteiger partial charge is 0.374 e. The van der Waals surface area contributed by atoms with Gasteiger partial charge in [-0.3, -0.25) is 4.79 Å². The van der Waals surface area contributed by atoms with Gasteiger partial charge in [-0.1, -0.05) is 0 Å². The average Bonchev–Trinajstić information content (AvgIpc) is 2.87. The van der Waals surface area contributed by atoms with Crippen LogP contribution < -0.4 is 5.32 Å². The maximum absolute atomic E-state index is 12.6. The SMILES string of the molecule is O=C(C1CCOC2(CCSC2)C1)C1CSCCN1. The first-order valence-electron chi connectivity index (χ1n) is 6.86. The van der Waals surface area contributed by atoms with Crippen molar-refractivity contribution >= 4 is 29.3 Å². The first-order valence-corrected chi connectivity index (χ1v) is 9.17. The van der Waals surface area contributed by atoms with Crippen LogP contribution in [0.15, 0.2) is 0 Å². The lowest BCUT2D eigenvalue weighted by Gasteiger charge is -2.38. The van der Waals surface area contributed by atoms with E-state index in [9.17, 15) is 4.79 Å². The molecule has 0 aliphatic carbocycles. The molecule has 0 radical (unpaired) electrons. The van der Waals surface area contributed by atoms with Gasteiger partial charge in [0.15, 0.2) is 5.78 Å². The van der Waals surface area contributed by atoms with Crippen LogP contribution in [0, 0.1) is 5.92 Å². The van der Waals surface area contributed by atoms with Crippen molar-refractivity contribution < 1.29 is 9.53 Å². The van der Waals surface area contributed by atoms with Gasteiger partial charge in [0.1, 0.15) is 0 Å². The number of hydrogen-bond acceptors (Lipinski definition) is 5. The van der Waals surface area contributed by atoms with Gasteiger partial charge >= 0.3 is 0 Å². The van der Waals surface area contributed by atoms with Gasteiger partial charge in [-0.05, 0) is 25.0 Å². The number of thioether (sulfide) groups is 2. The van der Waals surface area contributed by atoms with Gasteiger partial charge in [0.25, 0.3) is 0 Å². The zero-order valence-electron chi connectivity index (χ0n) is 10.7. The minimum atomic E-state index is 0.0328. The molecule has 5 heteroatoms. The summed E-state index contributed by atoms with van der Waals surface area (Å²) in [6, 6.07) is 0.0953. The summed E-state index contributed by atoms with van der Waals surface area (Å²) in [6.45, 7) is 1.75. The molecule has 0 aromatic rings. The molecule has 3 heterocycles. The highest BCUT2D eigenvalue weighted by molar-refractivity contribution is 7.99. The lowest BCUT2D eigenvalue weighted by molar-refractivity contribution is -0.135. The third kappa shape index (κ3) is 2.74. The molecule has 102 valence electrons. The molecule has 1 N–H and O–H groups in total. The van der Waals surface area contributed by atoms with Crippen LogP contribution in [0.2, 0.25) is 0 Å². The summed E-state index contributed by atoms with van der Waals surface area (Å²) < 4.78 is 6.00. The zero-order valence-corrected chi connectivity index (χ0v) is 12.3. The van der Waals surface area contributed by atoms with E-state index in [1.165, 1.54) is 5.75 Å². The molecule has 3 aliphatic rings. The fourth-order valence-corrected chi connectivity index (χ4v) is 5.49. The van der Waals surface area contributed by atoms with E-state index in [2.05, 4.69) is 5.32 Å². The molecule has 18 heavy (non-hydrogen) atoms. The summed E-state index contributed by atoms with van der Waals surface area (Å²) in [5.74, 6) is 5.05. The fraction of sp³-hybridized carbons (Fsp3) is 0.923. The second kappa shape index (κ2) is 5.73. The van der Waals surface area contributed by atoms with Crippen molar-refractivity contribution in [2.75, 3.05) is 36.2 Å². The van der Waals surface area contributed by atoms with Gasteiger partial charge < -0.3 is 10.1 Å². The Hall–Kier alpha value is 0.290. The topological polar surface area (TPSA) is 38.3 Å². The molecule has 3 rings (SSSR count). The van der Waals surface area contributed by atoms with E-state index in [0.29, 0.717) is 5.78 Å². The summed E-state index contributed by atoms with van der Waals surface area (Å²) in [4.78, 5) is 12.6. The van der Waals surface area contributed by atoms with E-state index in [1.54, 1.807) is 0 Å². The van der Waals surface area contributed by atoms with Gasteiger partial charge in [-0.25, -0.2) is 0 Å². The van der Waals surface area contributed by atoms with Crippen molar-refractivity contribution in [3.63, 3.8) is 0 Å². The predicted octanol–water partition coefficient (Wildman–Crippen LogP) is 1.56. The molecule has 1 spiro atoms. The summed E-state index contributed by atoms with van der Waals surface area (Å²) in [6.07, 6.45) is 3.02. The standard InChI is InChI=1S/C13H21NO2S2/c15-12(11-8-17-6-3-14-11)10-1-4-16-13(7-10)2-5-18-9-13/h10-11,14H,1-9H2. The average molecular weight is 287 g/mol. The fourth-order valence-electron chi connectivity index (χ4n) is 3.17. The number of hydrogen-bond donors (Lipinski definition) is 1. The first-order chi connectivity index (χ1) is 8.79. The Morgan fingerprint density at radius 1 is 1.33 bits per heavy atom. The highest BCUT2D eigenvalue weighted by Gasteiger charge is 2.43. The van der Waals surface area contributed by atoms with Crippen molar-refractivity contribution in [3.8, 4) is 0 Å². The molecule has 3 atom stereocenters. The van der Waals surface area contributed by atoms with Gasteiger partial charge in [0.05, 0.1) is 11.6 Å². The predicted molar refractivity (Wildman–Crippen MR) is 77.5 cm³/mol. The maximum atomic E-state index is 12.6. The molecule has 0 bridgehead atoms. The number of carbonyl (C=O) groups excluding carboxylic acids is 1. The van der Waals surface area contributed by atoms with E-state index in [0.717, 1.165) is 49.7 Å². The minimum Gasteiger partial charge on any atom is -0.374 e. The van der Waals surface area contributed by atoms with Crippen LogP contribution in [0.4, 0.5) is 0 Å². The summed E-state index contributed by atoms with van der Waals surface area (Å²) in [5.41, 5.74) is 0.0328. The Balaban J connectivity index is 1.62. The summed E-state index contributed by atoms with van der Waals surface area (Å²) >= 11 is 3.87. The molecule has 0 aromatic carbocycles. The molecule has 3 aliphatic heterocycles. The van der Waals surface area contributed by atoms with E-state index in [1.807, 2.05) is 23.5 Å². The third-order valence-corrected chi connectivity index (χ3v) is 6.51. The van der Waals surface area contributed by atoms with Crippen LogP contribution >= 0.6 is 23.5 Å². The first kappa shape index (κ1) is 13.3. The molecule has 3 nitrogen and oxygen atoms in total. The van der Waals surface area contributed by atoms with Gasteiger partial charge in [0, 0.05) is 36.3 Å². The number of Topliss-reactive ketones (excluding diaryl/α,β-unsaturated/α-hetero) is 1. The normalized spacial score (nSPS) is 41.1. The summed E-state index contributed by atoms with van der Waals surface area (Å²) in [5, 5.41) is 3.38. The van der Waals surface area contributed by atoms with E-state index in [4.69, 9.17) is 4.74 Å². The Morgan fingerprint density at radius 3 is 3.00 bits per heavy atom. The van der Waals surface area contributed by atoms with Gasteiger partial charge in [-0.15, -0.1) is 0 Å². The quantitative estimate of drug-likeness (QED) is 0.834. The lowest BCUT2D eigenvalue weighted by Crippen LogP contribution is -2.50. The molecule has 0 aromatic heterocycles. The highest BCUT2D eigenvalue weighted by Crippen LogP contribution is 2.41. The van der Waals surface area contributed by atoms with E-state index < -0.39 is 0 Å². The van der Waals surface area contributed by atoms with E-state index >= 15 is 0 Å². The van der Waals surface area contributed by atoms with Crippen molar-refractivity contribution in [2.24, 2.45) is 5.92 Å². The molecule has 3 fully saturated rings. The monoisotopic (exact) mass is 287 g/mol. The van der Waals surface area contributed by atoms with Gasteiger partial charge in [-0.2, -0.15) is 23.5 Å². The lowest BCUT2D eigenvalue weighted by atomic mass is 9.81. The Bertz CT molecular complexity index is 312. The minimum absolute atomic E-state index is 0.0328. The number of carbonyl (C=O) groups is 1. The molecule has 3 saturated heterocycles. The summed E-state index contributed by atoms with van der Waals surface area (Å²) in [7, 11) is 0. The maximum Gasteiger partial charge on any atom is 0.153 e. The van der Waals surface area contributed by atoms with Crippen LogP contribution in [0.1, 0.15) is 19.3 Å². The van der Waals surface area contributed by atoms with Crippen LogP contribution in [0.25, 0.3) is 0 Å². The van der Waals surface area contributed by atoms with Crippen LogP contribution in [-0.4, -0.2) is 53.6 Å². The number of nitrogens with one attached hydrogen (secondary N) is 1. The number of ketones is 1. The molecular weight excluding hydrogens is 266 g/mol. The molecular formula is C13H21NO2S2. The van der Waals surface area contributed by atoms with Crippen molar-refractivity contribution in [1.29, 1.82) is 0 Å². The van der Waals surface area contributed by atoms with E-state index in [-0.39, 0.29) is 17.6 Å². The van der Waals surface area contributed by atoms with Crippen molar-refractivity contribution in [2.45, 2.75) is 30.9 Å². The van der Waals surface area contributed by atoms with Crippen LogP contribution in [-0.2, 0) is 9.53 Å². The van der Waals surface area contributed by atoms with Crippen molar-refractivity contribution in [3.05, 3.63) is 0 Å². The van der Waals surface area contributed by atoms with Crippen molar-refractivity contribution in [1.82, 2.24) is 5.32 Å². The van der Waals surface area contributed by atoms with Crippen LogP contribution in [0.5, 0.6) is 0 Å². The third-order valence-electron chi connectivity index (χ3n) is 4.23.